The van der Waals surface area contributed by atoms with Crippen molar-refractivity contribution in [3.8, 4) is 0 Å². The molecule has 1 aromatic carbocycles. The molecule has 0 spiro atoms. The molecule has 1 aromatic rings. The van der Waals surface area contributed by atoms with Crippen LogP contribution in [0.2, 0.25) is 0 Å². The van der Waals surface area contributed by atoms with Crippen LogP contribution in [0.4, 0.5) is 0 Å². The number of hydrogen-bond acceptors (Lipinski definition) is 0. The lowest BCUT2D eigenvalue weighted by atomic mass is 9.58. The van der Waals surface area contributed by atoms with Crippen LogP contribution in [0.3, 0.4) is 0 Å². The summed E-state index contributed by atoms with van der Waals surface area (Å²) in [6.07, 6.45) is 15.9. The summed E-state index contributed by atoms with van der Waals surface area (Å²) in [7, 11) is 0. The third-order valence-corrected chi connectivity index (χ3v) is 8.81. The minimum absolute atomic E-state index is 0.719. The Kier molecular flexibility index (Phi) is 2.61. The molecule has 5 aliphatic carbocycles. The van der Waals surface area contributed by atoms with Crippen molar-refractivity contribution in [1.82, 2.24) is 0 Å². The summed E-state index contributed by atoms with van der Waals surface area (Å²) in [5, 5.41) is 0. The van der Waals surface area contributed by atoms with Gasteiger partial charge in [0.05, 0.1) is 0 Å². The Morgan fingerprint density at radius 3 is 2.48 bits per heavy atom. The molecule has 0 nitrogen and oxygen atoms in total. The topological polar surface area (TPSA) is 0 Å². The molecule has 0 heterocycles. The summed E-state index contributed by atoms with van der Waals surface area (Å²) in [5.41, 5.74) is 2.37. The van der Waals surface area contributed by atoms with Crippen molar-refractivity contribution in [3.63, 3.8) is 0 Å². The highest BCUT2D eigenvalue weighted by atomic mass is 14.7. The zero-order valence-electron chi connectivity index (χ0n) is 14.0. The molecule has 0 N–H and O–H groups in total. The van der Waals surface area contributed by atoms with Gasteiger partial charge in [-0.3, -0.25) is 0 Å². The second kappa shape index (κ2) is 4.52. The number of allylic oxidation sites excluding steroid dienone is 2. The van der Waals surface area contributed by atoms with E-state index in [0.717, 1.165) is 46.8 Å². The first kappa shape index (κ1) is 13.3. The summed E-state index contributed by atoms with van der Waals surface area (Å²) in [5.74, 6) is 6.89. The fourth-order valence-electron chi connectivity index (χ4n) is 8.33. The summed E-state index contributed by atoms with van der Waals surface area (Å²) >= 11 is 0. The highest BCUT2D eigenvalue weighted by Gasteiger charge is 2.69. The van der Waals surface area contributed by atoms with Gasteiger partial charge in [-0.25, -0.2) is 0 Å². The van der Waals surface area contributed by atoms with Crippen molar-refractivity contribution in [2.45, 2.75) is 50.9 Å². The van der Waals surface area contributed by atoms with Crippen molar-refractivity contribution in [2.75, 3.05) is 0 Å². The molecular formula is C23H28. The summed E-state index contributed by atoms with van der Waals surface area (Å²) in [4.78, 5) is 0. The van der Waals surface area contributed by atoms with Gasteiger partial charge in [0.2, 0.25) is 0 Å². The summed E-state index contributed by atoms with van der Waals surface area (Å²) in [6, 6.07) is 11.6. The summed E-state index contributed by atoms with van der Waals surface area (Å²) in [6.45, 7) is 0. The molecule has 23 heavy (non-hydrogen) atoms. The predicted molar refractivity (Wildman–Crippen MR) is 94.0 cm³/mol. The maximum Gasteiger partial charge on any atom is -0.0125 e. The van der Waals surface area contributed by atoms with Crippen molar-refractivity contribution in [2.24, 2.45) is 40.9 Å². The first-order valence-corrected chi connectivity index (χ1v) is 10.1. The molecular weight excluding hydrogens is 276 g/mol. The van der Waals surface area contributed by atoms with Crippen molar-refractivity contribution in [3.05, 3.63) is 48.0 Å². The van der Waals surface area contributed by atoms with Crippen LogP contribution in [0.1, 0.15) is 56.4 Å². The largest absolute Gasteiger partial charge is 0.0848 e. The molecule has 0 radical (unpaired) electrons. The zero-order chi connectivity index (χ0) is 15.0. The summed E-state index contributed by atoms with van der Waals surface area (Å²) < 4.78 is 0. The van der Waals surface area contributed by atoms with E-state index in [4.69, 9.17) is 0 Å². The molecule has 6 rings (SSSR count). The van der Waals surface area contributed by atoms with Gasteiger partial charge in [-0.2, -0.15) is 0 Å². The Morgan fingerprint density at radius 1 is 0.870 bits per heavy atom. The molecule has 7 atom stereocenters. The smallest absolute Gasteiger partial charge is 0.0125 e. The third-order valence-electron chi connectivity index (χ3n) is 8.81. The van der Waals surface area contributed by atoms with Crippen LogP contribution < -0.4 is 0 Å². The molecule has 120 valence electrons. The van der Waals surface area contributed by atoms with E-state index >= 15 is 0 Å². The van der Waals surface area contributed by atoms with Crippen LogP contribution in [-0.4, -0.2) is 0 Å². The molecule has 0 saturated heterocycles. The second-order valence-corrected chi connectivity index (χ2v) is 9.36. The number of hydrogen-bond donors (Lipinski definition) is 0. The van der Waals surface area contributed by atoms with Crippen LogP contribution in [0.5, 0.6) is 0 Å². The number of benzene rings is 1. The van der Waals surface area contributed by atoms with Crippen LogP contribution in [0, 0.1) is 40.9 Å². The fourth-order valence-corrected chi connectivity index (χ4v) is 8.33. The van der Waals surface area contributed by atoms with Gasteiger partial charge in [0.25, 0.3) is 0 Å². The molecule has 4 saturated carbocycles. The fraction of sp³-hybridized carbons (Fsp3) is 0.652. The maximum atomic E-state index is 2.63. The van der Waals surface area contributed by atoms with Crippen LogP contribution in [0.25, 0.3) is 0 Å². The number of rotatable bonds is 2. The van der Waals surface area contributed by atoms with Crippen molar-refractivity contribution in [1.29, 1.82) is 0 Å². The van der Waals surface area contributed by atoms with Gasteiger partial charge >= 0.3 is 0 Å². The lowest BCUT2D eigenvalue weighted by molar-refractivity contribution is 0.0462. The zero-order valence-corrected chi connectivity index (χ0v) is 14.0. The van der Waals surface area contributed by atoms with Crippen LogP contribution >= 0.6 is 0 Å². The van der Waals surface area contributed by atoms with Crippen molar-refractivity contribution >= 4 is 0 Å². The normalized spacial score (nSPS) is 50.1. The van der Waals surface area contributed by atoms with Gasteiger partial charge in [-0.05, 0) is 84.5 Å². The van der Waals surface area contributed by atoms with Crippen LogP contribution in [-0.2, 0) is 0 Å². The molecule has 0 aliphatic heterocycles. The monoisotopic (exact) mass is 304 g/mol. The van der Waals surface area contributed by atoms with Crippen LogP contribution in [0.15, 0.2) is 42.5 Å². The van der Waals surface area contributed by atoms with E-state index in [9.17, 15) is 0 Å². The molecule has 0 amide bonds. The van der Waals surface area contributed by atoms with Gasteiger partial charge in [-0.1, -0.05) is 55.3 Å². The van der Waals surface area contributed by atoms with E-state index in [2.05, 4.69) is 42.5 Å². The van der Waals surface area contributed by atoms with Gasteiger partial charge in [0.1, 0.15) is 0 Å². The van der Waals surface area contributed by atoms with Gasteiger partial charge < -0.3 is 0 Å². The Balaban J connectivity index is 1.45. The van der Waals surface area contributed by atoms with Gasteiger partial charge in [-0.15, -0.1) is 0 Å². The second-order valence-electron chi connectivity index (χ2n) is 9.36. The Bertz CT molecular complexity index is 637. The van der Waals surface area contributed by atoms with E-state index in [1.165, 1.54) is 25.7 Å². The standard InChI is InChI=1S/C23H28/c1-2-6-15(7-3-1)19-13-23(18-8-4-5-9-18)14-20(19)21-16-10-11-17(12-16)22(21)23/h1-3,6-7,10-11,16-22H,4-5,8-9,12-14H2. The minimum atomic E-state index is 0.719. The quantitative estimate of drug-likeness (QED) is 0.478. The SMILES string of the molecule is C1=CC2CC1C1C3CC(C4CCCC4)(CC3c3ccccc3)C21. The highest BCUT2D eigenvalue weighted by molar-refractivity contribution is 5.32. The van der Waals surface area contributed by atoms with E-state index in [0.29, 0.717) is 0 Å². The predicted octanol–water partition coefficient (Wildman–Crippen LogP) is 5.81. The van der Waals surface area contributed by atoms with Gasteiger partial charge in [0, 0.05) is 0 Å². The first-order chi connectivity index (χ1) is 11.4. The Hall–Kier alpha value is -1.04. The Labute approximate surface area is 140 Å². The lowest BCUT2D eigenvalue weighted by Crippen LogP contribution is -2.40. The molecule has 4 bridgehead atoms. The van der Waals surface area contributed by atoms with Gasteiger partial charge in [0.15, 0.2) is 0 Å². The number of fused-ring (bicyclic) bond motifs is 9. The van der Waals surface area contributed by atoms with Crippen molar-refractivity contribution < 1.29 is 0 Å². The first-order valence-electron chi connectivity index (χ1n) is 10.1. The Morgan fingerprint density at radius 2 is 1.65 bits per heavy atom. The molecule has 7 unspecified atom stereocenters. The molecule has 4 fully saturated rings. The van der Waals surface area contributed by atoms with E-state index in [1.807, 2.05) is 0 Å². The average Bonchev–Trinajstić information content (AvgIpc) is 3.40. The highest BCUT2D eigenvalue weighted by Crippen LogP contribution is 2.77. The third kappa shape index (κ3) is 1.58. The molecule has 5 aliphatic rings. The van der Waals surface area contributed by atoms with E-state index in [1.54, 1.807) is 24.8 Å². The average molecular weight is 304 g/mol. The lowest BCUT2D eigenvalue weighted by Gasteiger charge is -2.47. The minimum Gasteiger partial charge on any atom is -0.0848 e. The van der Waals surface area contributed by atoms with E-state index in [-0.39, 0.29) is 0 Å². The molecule has 0 heteroatoms. The van der Waals surface area contributed by atoms with E-state index < -0.39 is 0 Å². The maximum absolute atomic E-state index is 2.63. The molecule has 0 aromatic heterocycles.